The molecule has 1 rings (SSSR count). The molecule has 0 saturated carbocycles. The van der Waals surface area contributed by atoms with Crippen LogP contribution in [0, 0.1) is 35.4 Å². The van der Waals surface area contributed by atoms with E-state index in [9.17, 15) is 0 Å². The van der Waals surface area contributed by atoms with Crippen molar-refractivity contribution >= 4 is 8.07 Å². The molecule has 0 bridgehead atoms. The van der Waals surface area contributed by atoms with E-state index in [2.05, 4.69) is 29.5 Å². The van der Waals surface area contributed by atoms with Crippen molar-refractivity contribution in [2.45, 2.75) is 19.4 Å². The van der Waals surface area contributed by atoms with E-state index in [1.807, 2.05) is 30.3 Å². The zero-order valence-electron chi connectivity index (χ0n) is 9.46. The molecule has 0 aliphatic rings. The van der Waals surface area contributed by atoms with Gasteiger partial charge in [-0.1, -0.05) is 43.0 Å². The van der Waals surface area contributed by atoms with Gasteiger partial charge in [0.25, 0.3) is 8.07 Å². The monoisotopic (exact) mass is 222 g/mol. The summed E-state index contributed by atoms with van der Waals surface area (Å²) in [4.78, 5) is 0. The lowest BCUT2D eigenvalue weighted by Gasteiger charge is -2.09. The molecule has 0 aliphatic carbocycles. The molecule has 1 heteroatoms. The summed E-state index contributed by atoms with van der Waals surface area (Å²) in [6.07, 6.45) is 12.1. The Labute approximate surface area is 99.1 Å². The van der Waals surface area contributed by atoms with Crippen LogP contribution in [0.4, 0.5) is 0 Å². The highest BCUT2D eigenvalue weighted by molar-refractivity contribution is 7.00. The summed E-state index contributed by atoms with van der Waals surface area (Å²) in [6, 6.07) is 10.7. The molecule has 1 aromatic carbocycles. The molecular weight excluding hydrogens is 208 g/mol. The van der Waals surface area contributed by atoms with Crippen LogP contribution in [-0.2, 0) is 0 Å². The molecular formula is C15H14Si. The summed E-state index contributed by atoms with van der Waals surface area (Å²) >= 11 is 0. The van der Waals surface area contributed by atoms with Crippen LogP contribution in [0.25, 0.3) is 0 Å². The van der Waals surface area contributed by atoms with Crippen LogP contribution in [0.3, 0.4) is 0 Å². The van der Waals surface area contributed by atoms with Crippen molar-refractivity contribution in [1.29, 1.82) is 0 Å². The van der Waals surface area contributed by atoms with Gasteiger partial charge in [-0.15, -0.1) is 23.9 Å². The van der Waals surface area contributed by atoms with Gasteiger partial charge in [0.05, 0.1) is 0 Å². The maximum Gasteiger partial charge on any atom is 0.290 e. The quantitative estimate of drug-likeness (QED) is 0.533. The molecule has 0 atom stereocenters. The predicted molar refractivity (Wildman–Crippen MR) is 71.8 cm³/mol. The topological polar surface area (TPSA) is 0 Å². The molecule has 0 saturated heterocycles. The highest BCUT2D eigenvalue weighted by Crippen LogP contribution is 2.09. The van der Waals surface area contributed by atoms with Crippen molar-refractivity contribution in [2.75, 3.05) is 0 Å². The van der Waals surface area contributed by atoms with E-state index in [1.54, 1.807) is 0 Å². The van der Waals surface area contributed by atoms with Crippen LogP contribution in [0.2, 0.25) is 6.04 Å². The van der Waals surface area contributed by atoms with Crippen molar-refractivity contribution in [2.24, 2.45) is 0 Å². The van der Waals surface area contributed by atoms with Gasteiger partial charge in [-0.2, -0.15) is 0 Å². The zero-order valence-corrected chi connectivity index (χ0v) is 10.5. The lowest BCUT2D eigenvalue weighted by Crippen LogP contribution is -2.29. The third kappa shape index (κ3) is 3.06. The summed E-state index contributed by atoms with van der Waals surface area (Å²) in [5.74, 6) is 3.10. The molecule has 0 unspecified atom stereocenters. The number of benzene rings is 1. The van der Waals surface area contributed by atoms with Gasteiger partial charge in [-0.05, 0) is 18.2 Å². The van der Waals surface area contributed by atoms with Gasteiger partial charge in [0.15, 0.2) is 0 Å². The minimum Gasteiger partial charge on any atom is -0.125 e. The van der Waals surface area contributed by atoms with Gasteiger partial charge in [0, 0.05) is 5.56 Å². The van der Waals surface area contributed by atoms with E-state index in [0.29, 0.717) is 0 Å². The maximum atomic E-state index is 5.54. The second-order valence-electron chi connectivity index (χ2n) is 3.56. The van der Waals surface area contributed by atoms with Crippen molar-refractivity contribution < 1.29 is 0 Å². The summed E-state index contributed by atoms with van der Waals surface area (Å²) in [5, 5.41) is 0. The molecule has 0 spiro atoms. The van der Waals surface area contributed by atoms with Crippen LogP contribution < -0.4 is 0 Å². The first-order valence-electron chi connectivity index (χ1n) is 5.30. The van der Waals surface area contributed by atoms with Crippen molar-refractivity contribution in [3.8, 4) is 35.4 Å². The fourth-order valence-corrected chi connectivity index (χ4v) is 3.15. The van der Waals surface area contributed by atoms with E-state index in [4.69, 9.17) is 12.8 Å². The van der Waals surface area contributed by atoms with E-state index in [0.717, 1.165) is 18.0 Å². The Bertz CT molecular complexity index is 460. The molecule has 0 radical (unpaired) electrons. The average molecular weight is 222 g/mol. The van der Waals surface area contributed by atoms with Gasteiger partial charge in [0.2, 0.25) is 0 Å². The molecule has 0 aliphatic heterocycles. The standard InChI is InChI=1S/C15H14Si/c1-4-13-16(5-2,6-3)14-12-15-10-8-7-9-11-15/h2-3,7-11H,4,13H2,1H3. The molecule has 0 amide bonds. The number of hydrogen-bond acceptors (Lipinski definition) is 0. The Morgan fingerprint density at radius 2 is 1.75 bits per heavy atom. The predicted octanol–water partition coefficient (Wildman–Crippen LogP) is 2.78. The van der Waals surface area contributed by atoms with E-state index >= 15 is 0 Å². The van der Waals surface area contributed by atoms with Crippen molar-refractivity contribution in [3.05, 3.63) is 35.9 Å². The second kappa shape index (κ2) is 5.87. The Balaban J connectivity index is 2.99. The lowest BCUT2D eigenvalue weighted by atomic mass is 10.2. The van der Waals surface area contributed by atoms with Crippen LogP contribution in [-0.4, -0.2) is 8.07 Å². The lowest BCUT2D eigenvalue weighted by molar-refractivity contribution is 1.07. The minimum absolute atomic E-state index is 0.875. The van der Waals surface area contributed by atoms with E-state index in [1.165, 1.54) is 0 Å². The highest BCUT2D eigenvalue weighted by atomic mass is 28.3. The van der Waals surface area contributed by atoms with Crippen LogP contribution in [0.5, 0.6) is 0 Å². The fourth-order valence-electron chi connectivity index (χ4n) is 1.40. The molecule has 0 heterocycles. The summed E-state index contributed by atoms with van der Waals surface area (Å²) in [7, 11) is -2.23. The molecule has 0 N–H and O–H groups in total. The highest BCUT2D eigenvalue weighted by Gasteiger charge is 2.25. The zero-order chi connectivity index (χ0) is 11.9. The first kappa shape index (κ1) is 12.2. The average Bonchev–Trinajstić information content (AvgIpc) is 2.36. The van der Waals surface area contributed by atoms with Crippen molar-refractivity contribution in [1.82, 2.24) is 0 Å². The summed E-state index contributed by atoms with van der Waals surface area (Å²) in [6.45, 7) is 2.08. The largest absolute Gasteiger partial charge is 0.290 e. The smallest absolute Gasteiger partial charge is 0.125 e. The molecule has 0 fully saturated rings. The second-order valence-corrected chi connectivity index (χ2v) is 6.70. The van der Waals surface area contributed by atoms with Gasteiger partial charge in [0.1, 0.15) is 0 Å². The van der Waals surface area contributed by atoms with Gasteiger partial charge in [-0.25, -0.2) is 0 Å². The normalized spacial score (nSPS) is 9.44. The van der Waals surface area contributed by atoms with E-state index < -0.39 is 8.07 Å². The molecule has 0 aromatic heterocycles. The van der Waals surface area contributed by atoms with Crippen LogP contribution in [0.15, 0.2) is 30.3 Å². The Hall–Kier alpha value is -1.88. The first-order chi connectivity index (χ1) is 7.76. The molecule has 78 valence electrons. The maximum absolute atomic E-state index is 5.54. The number of hydrogen-bond donors (Lipinski definition) is 0. The van der Waals surface area contributed by atoms with E-state index in [-0.39, 0.29) is 0 Å². The Kier molecular flexibility index (Phi) is 4.47. The Morgan fingerprint density at radius 1 is 1.12 bits per heavy atom. The van der Waals surface area contributed by atoms with Crippen molar-refractivity contribution in [3.63, 3.8) is 0 Å². The third-order valence-electron chi connectivity index (χ3n) is 2.31. The summed E-state index contributed by atoms with van der Waals surface area (Å²) in [5.41, 5.74) is 9.67. The van der Waals surface area contributed by atoms with Gasteiger partial charge >= 0.3 is 0 Å². The fraction of sp³-hybridized carbons (Fsp3) is 0.200. The third-order valence-corrected chi connectivity index (χ3v) is 5.10. The number of rotatable bonds is 2. The molecule has 0 nitrogen and oxygen atoms in total. The Morgan fingerprint density at radius 3 is 2.25 bits per heavy atom. The molecule has 16 heavy (non-hydrogen) atoms. The molecule has 1 aromatic rings. The first-order valence-corrected chi connectivity index (χ1v) is 7.51. The number of terminal acetylenes is 2. The summed E-state index contributed by atoms with van der Waals surface area (Å²) < 4.78 is 0. The van der Waals surface area contributed by atoms with Gasteiger partial charge in [-0.3, -0.25) is 0 Å². The SMILES string of the molecule is C#C[Si](C#C)(C#Cc1ccccc1)CCC. The van der Waals surface area contributed by atoms with Gasteiger partial charge < -0.3 is 0 Å². The van der Waals surface area contributed by atoms with Crippen LogP contribution in [0.1, 0.15) is 18.9 Å². The van der Waals surface area contributed by atoms with Crippen LogP contribution >= 0.6 is 0 Å². The minimum atomic E-state index is -2.23.